The molecule has 2 rings (SSSR count). The largest absolute Gasteiger partial charge is 0.242 e. The molecule has 0 spiro atoms. The van der Waals surface area contributed by atoms with Crippen molar-refractivity contribution in [3.8, 4) is 0 Å². The van der Waals surface area contributed by atoms with E-state index in [4.69, 9.17) is 28.3 Å². The molecule has 0 aliphatic heterocycles. The van der Waals surface area contributed by atoms with Crippen LogP contribution in [0.5, 0.6) is 0 Å². The lowest BCUT2D eigenvalue weighted by molar-refractivity contribution is 0.581. The molecule has 2 aromatic rings. The van der Waals surface area contributed by atoms with Gasteiger partial charge < -0.3 is 0 Å². The molecule has 0 saturated heterocycles. The van der Waals surface area contributed by atoms with E-state index in [2.05, 4.69) is 4.72 Å². The Labute approximate surface area is 144 Å². The van der Waals surface area contributed by atoms with Crippen molar-refractivity contribution in [1.29, 1.82) is 0 Å². The highest BCUT2D eigenvalue weighted by Crippen LogP contribution is 2.28. The van der Waals surface area contributed by atoms with Crippen LogP contribution in [0.4, 0.5) is 0 Å². The average molecular weight is 395 g/mol. The van der Waals surface area contributed by atoms with Crippen LogP contribution >= 0.6 is 23.2 Å². The zero-order valence-corrected chi connectivity index (χ0v) is 14.7. The summed E-state index contributed by atoms with van der Waals surface area (Å²) in [5.41, 5.74) is 0.555. The number of rotatable bonds is 5. The fourth-order valence-corrected chi connectivity index (χ4v) is 4.04. The van der Waals surface area contributed by atoms with Gasteiger partial charge in [0.2, 0.25) is 20.0 Å². The Morgan fingerprint density at radius 2 is 1.57 bits per heavy atom. The quantitative estimate of drug-likeness (QED) is 0.809. The van der Waals surface area contributed by atoms with Gasteiger partial charge in [-0.2, -0.15) is 0 Å². The van der Waals surface area contributed by atoms with Crippen LogP contribution < -0.4 is 9.86 Å². The van der Waals surface area contributed by atoms with Gasteiger partial charge in [0.05, 0.1) is 14.9 Å². The van der Waals surface area contributed by atoms with E-state index in [0.29, 0.717) is 5.56 Å². The van der Waals surface area contributed by atoms with Crippen LogP contribution in [0, 0.1) is 0 Å². The first kappa shape index (κ1) is 18.2. The van der Waals surface area contributed by atoms with Crippen molar-refractivity contribution in [2.75, 3.05) is 0 Å². The lowest BCUT2D eigenvalue weighted by Gasteiger charge is -2.09. The second-order valence-electron chi connectivity index (χ2n) is 4.57. The van der Waals surface area contributed by atoms with Crippen molar-refractivity contribution >= 4 is 43.2 Å². The Bertz CT molecular complexity index is 927. The standard InChI is InChI=1S/C13H12Cl2N2O4S2/c14-11-2-1-3-12(13(11)15)23(20,21)17-8-9-4-6-10(7-5-9)22(16,18)19/h1-7,17H,8H2,(H2,16,18,19). The number of nitrogens with one attached hydrogen (secondary N) is 1. The molecular weight excluding hydrogens is 383 g/mol. The minimum absolute atomic E-state index is 0.0456. The number of halogens is 2. The van der Waals surface area contributed by atoms with E-state index < -0.39 is 20.0 Å². The Balaban J connectivity index is 2.18. The third kappa shape index (κ3) is 4.43. The molecule has 0 saturated carbocycles. The summed E-state index contributed by atoms with van der Waals surface area (Å²) in [6.07, 6.45) is 0. The highest BCUT2D eigenvalue weighted by Gasteiger charge is 2.19. The number of primary sulfonamides is 1. The number of hydrogen-bond acceptors (Lipinski definition) is 4. The first-order chi connectivity index (χ1) is 10.6. The first-order valence-electron chi connectivity index (χ1n) is 6.17. The fourth-order valence-electron chi connectivity index (χ4n) is 1.74. The van der Waals surface area contributed by atoms with Gasteiger partial charge in [0.25, 0.3) is 0 Å². The molecule has 23 heavy (non-hydrogen) atoms. The minimum Gasteiger partial charge on any atom is -0.225 e. The zero-order chi connectivity index (χ0) is 17.3. The molecule has 0 fully saturated rings. The van der Waals surface area contributed by atoms with Crippen molar-refractivity contribution in [1.82, 2.24) is 4.72 Å². The smallest absolute Gasteiger partial charge is 0.225 e. The van der Waals surface area contributed by atoms with Gasteiger partial charge >= 0.3 is 0 Å². The van der Waals surface area contributed by atoms with Crippen LogP contribution in [0.25, 0.3) is 0 Å². The van der Waals surface area contributed by atoms with Gasteiger partial charge in [-0.1, -0.05) is 41.4 Å². The summed E-state index contributed by atoms with van der Waals surface area (Å²) in [5, 5.41) is 5.06. The molecule has 0 amide bonds. The molecule has 0 aliphatic rings. The summed E-state index contributed by atoms with van der Waals surface area (Å²) in [4.78, 5) is -0.185. The summed E-state index contributed by atoms with van der Waals surface area (Å²) in [6, 6.07) is 9.81. The highest BCUT2D eigenvalue weighted by molar-refractivity contribution is 7.89. The van der Waals surface area contributed by atoms with Crippen LogP contribution in [-0.4, -0.2) is 16.8 Å². The lowest BCUT2D eigenvalue weighted by atomic mass is 10.2. The zero-order valence-electron chi connectivity index (χ0n) is 11.5. The molecule has 0 heterocycles. The van der Waals surface area contributed by atoms with Crippen LogP contribution in [0.15, 0.2) is 52.3 Å². The number of hydrogen-bond donors (Lipinski definition) is 2. The molecule has 3 N–H and O–H groups in total. The topological polar surface area (TPSA) is 106 Å². The van der Waals surface area contributed by atoms with Gasteiger partial charge in [-0.05, 0) is 29.8 Å². The van der Waals surface area contributed by atoms with Crippen LogP contribution in [-0.2, 0) is 26.6 Å². The van der Waals surface area contributed by atoms with Gasteiger partial charge in [-0.3, -0.25) is 0 Å². The summed E-state index contributed by atoms with van der Waals surface area (Å²) in [5.74, 6) is 0. The Hall–Kier alpha value is -1.16. The van der Waals surface area contributed by atoms with Gasteiger partial charge in [-0.15, -0.1) is 0 Å². The van der Waals surface area contributed by atoms with E-state index in [0.717, 1.165) is 0 Å². The van der Waals surface area contributed by atoms with E-state index in [1.165, 1.54) is 42.5 Å². The van der Waals surface area contributed by atoms with Gasteiger partial charge in [0, 0.05) is 6.54 Å². The Morgan fingerprint density at radius 1 is 0.957 bits per heavy atom. The third-order valence-corrected chi connectivity index (χ3v) is 6.23. The maximum atomic E-state index is 12.2. The SMILES string of the molecule is NS(=O)(=O)c1ccc(CNS(=O)(=O)c2cccc(Cl)c2Cl)cc1. The normalized spacial score (nSPS) is 12.3. The van der Waals surface area contributed by atoms with Crippen molar-refractivity contribution < 1.29 is 16.8 Å². The van der Waals surface area contributed by atoms with Gasteiger partial charge in [-0.25, -0.2) is 26.7 Å². The second kappa shape index (κ2) is 6.76. The summed E-state index contributed by atoms with van der Waals surface area (Å²) in [7, 11) is -7.65. The van der Waals surface area contributed by atoms with E-state index in [-0.39, 0.29) is 26.4 Å². The molecule has 124 valence electrons. The molecule has 0 radical (unpaired) electrons. The maximum Gasteiger partial charge on any atom is 0.242 e. The Kier molecular flexibility index (Phi) is 5.34. The highest BCUT2D eigenvalue weighted by atomic mass is 35.5. The van der Waals surface area contributed by atoms with Gasteiger partial charge in [0.15, 0.2) is 0 Å². The number of benzene rings is 2. The van der Waals surface area contributed by atoms with E-state index in [1.807, 2.05) is 0 Å². The molecule has 10 heteroatoms. The Morgan fingerprint density at radius 3 is 2.13 bits per heavy atom. The van der Waals surface area contributed by atoms with Gasteiger partial charge in [0.1, 0.15) is 4.90 Å². The summed E-state index contributed by atoms with van der Waals surface area (Å²) >= 11 is 11.7. The first-order valence-corrected chi connectivity index (χ1v) is 9.95. The van der Waals surface area contributed by atoms with Crippen LogP contribution in [0.2, 0.25) is 10.0 Å². The predicted octanol–water partition coefficient (Wildman–Crippen LogP) is 2.12. The molecule has 0 unspecified atom stereocenters. The van der Waals surface area contributed by atoms with E-state index in [1.54, 1.807) is 0 Å². The molecular formula is C13H12Cl2N2O4S2. The molecule has 0 atom stereocenters. The molecule has 0 aromatic heterocycles. The van der Waals surface area contributed by atoms with Crippen molar-refractivity contribution in [2.45, 2.75) is 16.3 Å². The summed E-state index contributed by atoms with van der Waals surface area (Å²) < 4.78 is 49.1. The predicted molar refractivity (Wildman–Crippen MR) is 88.3 cm³/mol. The molecule has 0 aliphatic carbocycles. The number of sulfonamides is 2. The van der Waals surface area contributed by atoms with E-state index in [9.17, 15) is 16.8 Å². The maximum absolute atomic E-state index is 12.2. The van der Waals surface area contributed by atoms with Crippen molar-refractivity contribution in [3.63, 3.8) is 0 Å². The monoisotopic (exact) mass is 394 g/mol. The molecule has 2 aromatic carbocycles. The van der Waals surface area contributed by atoms with Crippen LogP contribution in [0.1, 0.15) is 5.56 Å². The van der Waals surface area contributed by atoms with Crippen LogP contribution in [0.3, 0.4) is 0 Å². The van der Waals surface area contributed by atoms with E-state index >= 15 is 0 Å². The summed E-state index contributed by atoms with van der Waals surface area (Å²) in [6.45, 7) is -0.0456. The number of nitrogens with two attached hydrogens (primary N) is 1. The molecule has 0 bridgehead atoms. The van der Waals surface area contributed by atoms with Crippen molar-refractivity contribution in [3.05, 3.63) is 58.1 Å². The lowest BCUT2D eigenvalue weighted by Crippen LogP contribution is -2.23. The molecule has 6 nitrogen and oxygen atoms in total. The minimum atomic E-state index is -3.86. The second-order valence-corrected chi connectivity index (χ2v) is 8.65. The fraction of sp³-hybridized carbons (Fsp3) is 0.0769. The third-order valence-electron chi connectivity index (χ3n) is 2.92. The van der Waals surface area contributed by atoms with Crippen molar-refractivity contribution in [2.24, 2.45) is 5.14 Å². The average Bonchev–Trinajstić information content (AvgIpc) is 2.47.